The molecule has 1 aliphatic carbocycles. The van der Waals surface area contributed by atoms with Gasteiger partial charge in [-0.3, -0.25) is 4.79 Å². The quantitative estimate of drug-likeness (QED) is 0.711. The van der Waals surface area contributed by atoms with Crippen molar-refractivity contribution in [2.75, 3.05) is 0 Å². The molecule has 0 spiro atoms. The van der Waals surface area contributed by atoms with E-state index in [2.05, 4.69) is 6.92 Å². The molecule has 3 nitrogen and oxygen atoms in total. The van der Waals surface area contributed by atoms with Gasteiger partial charge in [0, 0.05) is 23.1 Å². The van der Waals surface area contributed by atoms with Crippen molar-refractivity contribution in [3.63, 3.8) is 0 Å². The Morgan fingerprint density at radius 1 is 1.16 bits per heavy atom. The van der Waals surface area contributed by atoms with E-state index < -0.39 is 0 Å². The lowest BCUT2D eigenvalue weighted by Gasteiger charge is -2.14. The molecule has 0 atom stereocenters. The van der Waals surface area contributed by atoms with Crippen molar-refractivity contribution in [1.82, 2.24) is 0 Å². The molecule has 1 aliphatic heterocycles. The number of rotatable bonds is 2. The first-order valence-corrected chi connectivity index (χ1v) is 6.37. The van der Waals surface area contributed by atoms with Crippen LogP contribution < -0.4 is 5.43 Å². The van der Waals surface area contributed by atoms with Gasteiger partial charge in [0.2, 0.25) is 0 Å². The number of phenols is 1. The zero-order valence-electron chi connectivity index (χ0n) is 10.6. The standard InChI is InChI=1S/C16H14O3/c1-2-3-12-13-6-4-10(17)8-15(13)19-16-9-11(18)5-7-14(12)16/h4-9,17H,2-3H2,1H3. The Morgan fingerprint density at radius 3 is 2.79 bits per heavy atom. The average molecular weight is 254 g/mol. The minimum Gasteiger partial charge on any atom is -0.508 e. The molecule has 1 N–H and O–H groups in total. The molecule has 0 unspecified atom stereocenters. The zero-order chi connectivity index (χ0) is 13.4. The van der Waals surface area contributed by atoms with E-state index in [1.54, 1.807) is 18.2 Å². The van der Waals surface area contributed by atoms with E-state index in [0.29, 0.717) is 11.3 Å². The molecule has 0 saturated heterocycles. The van der Waals surface area contributed by atoms with Gasteiger partial charge in [-0.25, -0.2) is 0 Å². The number of aromatic hydroxyl groups is 1. The second-order valence-electron chi connectivity index (χ2n) is 4.67. The molecule has 0 radical (unpaired) electrons. The Bertz CT molecular complexity index is 771. The highest BCUT2D eigenvalue weighted by molar-refractivity contribution is 5.88. The van der Waals surface area contributed by atoms with Gasteiger partial charge in [-0.2, -0.15) is 0 Å². The highest BCUT2D eigenvalue weighted by Crippen LogP contribution is 2.34. The molecule has 3 heteroatoms. The largest absolute Gasteiger partial charge is 0.508 e. The maximum absolute atomic E-state index is 11.4. The fraction of sp³-hybridized carbons (Fsp3) is 0.188. The van der Waals surface area contributed by atoms with E-state index >= 15 is 0 Å². The lowest BCUT2D eigenvalue weighted by molar-refractivity contribution is 0.474. The lowest BCUT2D eigenvalue weighted by Crippen LogP contribution is -2.01. The van der Waals surface area contributed by atoms with Crippen LogP contribution in [0.3, 0.4) is 0 Å². The maximum atomic E-state index is 11.4. The molecule has 0 amide bonds. The molecule has 19 heavy (non-hydrogen) atoms. The summed E-state index contributed by atoms with van der Waals surface area (Å²) in [6.45, 7) is 2.12. The molecule has 1 aromatic carbocycles. The molecule has 0 bridgehead atoms. The normalized spacial score (nSPS) is 11.2. The van der Waals surface area contributed by atoms with Gasteiger partial charge in [0.25, 0.3) is 0 Å². The summed E-state index contributed by atoms with van der Waals surface area (Å²) in [5.41, 5.74) is 2.68. The van der Waals surface area contributed by atoms with Gasteiger partial charge in [0.1, 0.15) is 17.1 Å². The summed E-state index contributed by atoms with van der Waals surface area (Å²) >= 11 is 0. The Hall–Kier alpha value is -2.29. The molecular weight excluding hydrogens is 240 g/mol. The Morgan fingerprint density at radius 2 is 2.00 bits per heavy atom. The lowest BCUT2D eigenvalue weighted by atomic mass is 9.96. The summed E-state index contributed by atoms with van der Waals surface area (Å²) < 4.78 is 5.73. The third kappa shape index (κ3) is 1.97. The molecule has 96 valence electrons. The van der Waals surface area contributed by atoms with Crippen molar-refractivity contribution in [3.05, 3.63) is 52.2 Å². The van der Waals surface area contributed by atoms with Crippen LogP contribution >= 0.6 is 0 Å². The smallest absolute Gasteiger partial charge is 0.182 e. The van der Waals surface area contributed by atoms with E-state index in [0.717, 1.165) is 23.8 Å². The Kier molecular flexibility index (Phi) is 2.75. The molecule has 0 saturated carbocycles. The molecule has 0 fully saturated rings. The third-order valence-corrected chi connectivity index (χ3v) is 3.29. The summed E-state index contributed by atoms with van der Waals surface area (Å²) in [5.74, 6) is 0.741. The van der Waals surface area contributed by atoms with Crippen molar-refractivity contribution in [2.45, 2.75) is 19.8 Å². The molecule has 2 aliphatic rings. The minimum absolute atomic E-state index is 0.0711. The van der Waals surface area contributed by atoms with Crippen LogP contribution in [0.15, 0.2) is 45.6 Å². The highest BCUT2D eigenvalue weighted by atomic mass is 16.3. The van der Waals surface area contributed by atoms with Crippen molar-refractivity contribution in [3.8, 4) is 17.1 Å². The van der Waals surface area contributed by atoms with E-state index in [4.69, 9.17) is 4.42 Å². The van der Waals surface area contributed by atoms with Crippen LogP contribution in [0.25, 0.3) is 22.3 Å². The van der Waals surface area contributed by atoms with Crippen LogP contribution in [0, 0.1) is 0 Å². The van der Waals surface area contributed by atoms with Crippen molar-refractivity contribution < 1.29 is 9.52 Å². The number of hydrogen-bond donors (Lipinski definition) is 1. The van der Waals surface area contributed by atoms with Gasteiger partial charge >= 0.3 is 0 Å². The molecule has 3 rings (SSSR count). The van der Waals surface area contributed by atoms with Crippen LogP contribution in [0.2, 0.25) is 0 Å². The second kappa shape index (κ2) is 4.43. The van der Waals surface area contributed by atoms with Gasteiger partial charge in [0.15, 0.2) is 5.43 Å². The van der Waals surface area contributed by atoms with Crippen LogP contribution in [0.5, 0.6) is 5.75 Å². The summed E-state index contributed by atoms with van der Waals surface area (Å²) in [5, 5.41) is 10.5. The summed E-state index contributed by atoms with van der Waals surface area (Å²) in [6.07, 6.45) is 1.92. The predicted octanol–water partition coefficient (Wildman–Crippen LogP) is 3.56. The first-order valence-electron chi connectivity index (χ1n) is 6.37. The zero-order valence-corrected chi connectivity index (χ0v) is 10.6. The van der Waals surface area contributed by atoms with Gasteiger partial charge in [-0.05, 0) is 36.2 Å². The van der Waals surface area contributed by atoms with E-state index in [1.165, 1.54) is 11.6 Å². The summed E-state index contributed by atoms with van der Waals surface area (Å²) in [4.78, 5) is 11.4. The highest BCUT2D eigenvalue weighted by Gasteiger charge is 2.15. The van der Waals surface area contributed by atoms with E-state index in [9.17, 15) is 9.90 Å². The Labute approximate surface area is 110 Å². The van der Waals surface area contributed by atoms with Crippen molar-refractivity contribution in [2.24, 2.45) is 0 Å². The monoisotopic (exact) mass is 254 g/mol. The number of aryl methyl sites for hydroxylation is 1. The van der Waals surface area contributed by atoms with Gasteiger partial charge < -0.3 is 9.52 Å². The number of benzene rings is 2. The number of phenolic OH excluding ortho intramolecular Hbond substituents is 1. The fourth-order valence-corrected chi connectivity index (χ4v) is 2.46. The van der Waals surface area contributed by atoms with Gasteiger partial charge in [0.05, 0.1) is 0 Å². The van der Waals surface area contributed by atoms with Crippen LogP contribution in [-0.4, -0.2) is 5.11 Å². The number of hydrogen-bond acceptors (Lipinski definition) is 3. The van der Waals surface area contributed by atoms with E-state index in [1.807, 2.05) is 12.1 Å². The van der Waals surface area contributed by atoms with Crippen LogP contribution in [-0.2, 0) is 6.42 Å². The minimum atomic E-state index is -0.0711. The molecule has 1 heterocycles. The SMILES string of the molecule is CCCc1c2ccc(=O)cc-2oc2cc(O)ccc12. The first kappa shape index (κ1) is 11.8. The average Bonchev–Trinajstić information content (AvgIpc) is 2.37. The molecule has 0 aromatic heterocycles. The Balaban J connectivity index is 2.45. The third-order valence-electron chi connectivity index (χ3n) is 3.29. The van der Waals surface area contributed by atoms with Crippen LogP contribution in [0.1, 0.15) is 18.9 Å². The summed E-state index contributed by atoms with van der Waals surface area (Å²) in [6, 6.07) is 9.99. The fourth-order valence-electron chi connectivity index (χ4n) is 2.46. The molecular formula is C16H14O3. The predicted molar refractivity (Wildman–Crippen MR) is 74.8 cm³/mol. The maximum Gasteiger partial charge on any atom is 0.182 e. The first-order chi connectivity index (χ1) is 9.19. The van der Waals surface area contributed by atoms with Crippen molar-refractivity contribution in [1.29, 1.82) is 0 Å². The number of fused-ring (bicyclic) bond motifs is 2. The molecule has 1 aromatic rings. The second-order valence-corrected chi connectivity index (χ2v) is 4.67. The van der Waals surface area contributed by atoms with Gasteiger partial charge in [-0.1, -0.05) is 13.3 Å². The van der Waals surface area contributed by atoms with Gasteiger partial charge in [-0.15, -0.1) is 0 Å². The summed E-state index contributed by atoms with van der Waals surface area (Å²) in [7, 11) is 0. The van der Waals surface area contributed by atoms with Crippen molar-refractivity contribution >= 4 is 11.0 Å². The van der Waals surface area contributed by atoms with Crippen LogP contribution in [0.4, 0.5) is 0 Å². The topological polar surface area (TPSA) is 50.4 Å². The van der Waals surface area contributed by atoms with E-state index in [-0.39, 0.29) is 11.2 Å².